The summed E-state index contributed by atoms with van der Waals surface area (Å²) in [6.07, 6.45) is 21.7. The summed E-state index contributed by atoms with van der Waals surface area (Å²) in [6.45, 7) is 2.21. The van der Waals surface area contributed by atoms with Crippen LogP contribution in [0, 0.1) is 0 Å². The fourth-order valence-electron chi connectivity index (χ4n) is 3.17. The average molecular weight is 406 g/mol. The van der Waals surface area contributed by atoms with Crippen molar-refractivity contribution in [2.45, 2.75) is 96.8 Å². The molecular weight excluding hydrogens is 365 g/mol. The minimum Gasteiger partial charge on any atom is -0.549 e. The second kappa shape index (κ2) is 22.9. The topological polar surface area (TPSA) is 80.7 Å². The number of allylic oxidation sites excluding steroid dienone is 2. The molecule has 0 amide bonds. The quantitative estimate of drug-likeness (QED) is 0.187. The number of unbranched alkanes of at least 4 members (excludes halogenated alkanes) is 12. The number of rotatable bonds is 20. The Hall–Kier alpha value is -0.360. The van der Waals surface area contributed by atoms with Gasteiger partial charge in [0.2, 0.25) is 0 Å². The predicted molar refractivity (Wildman–Crippen MR) is 109 cm³/mol. The summed E-state index contributed by atoms with van der Waals surface area (Å²) in [5, 5.41) is 19.4. The van der Waals surface area contributed by atoms with Gasteiger partial charge >= 0.3 is 35.5 Å². The first-order chi connectivity index (χ1) is 13.1. The zero-order valence-corrected chi connectivity index (χ0v) is 20.3. The molecule has 0 aromatic rings. The smallest absolute Gasteiger partial charge is 0.549 e. The Kier molecular flexibility index (Phi) is 24.4. The zero-order valence-electron chi connectivity index (χ0n) is 18.3. The van der Waals surface area contributed by atoms with Crippen molar-refractivity contribution in [1.82, 2.24) is 4.90 Å². The molecule has 0 atom stereocenters. The van der Waals surface area contributed by atoms with Crippen LogP contribution in [0.4, 0.5) is 0 Å². The summed E-state index contributed by atoms with van der Waals surface area (Å²) in [7, 11) is 0. The van der Waals surface area contributed by atoms with E-state index in [2.05, 4.69) is 19.1 Å². The van der Waals surface area contributed by atoms with Crippen LogP contribution in [0.1, 0.15) is 96.8 Å². The maximum absolute atomic E-state index is 10.7. The largest absolute Gasteiger partial charge is 1.00 e. The van der Waals surface area contributed by atoms with E-state index in [-0.39, 0.29) is 42.6 Å². The minimum absolute atomic E-state index is 0. The number of hydrogen-bond acceptors (Lipinski definition) is 4. The number of carbonyl (C=O) groups is 2. The molecule has 0 spiro atoms. The Morgan fingerprint density at radius 3 is 1.71 bits per heavy atom. The fourth-order valence-corrected chi connectivity index (χ4v) is 3.17. The first-order valence-corrected chi connectivity index (χ1v) is 10.8. The van der Waals surface area contributed by atoms with Crippen molar-refractivity contribution in [1.29, 1.82) is 0 Å². The van der Waals surface area contributed by atoms with E-state index >= 15 is 0 Å². The van der Waals surface area contributed by atoms with Crippen LogP contribution in [-0.2, 0) is 9.59 Å². The number of carbonyl (C=O) groups excluding carboxylic acids is 1. The molecule has 0 aliphatic carbocycles. The molecule has 0 aromatic carbocycles. The number of carboxylic acids is 2. The molecule has 1 N–H and O–H groups in total. The van der Waals surface area contributed by atoms with Crippen molar-refractivity contribution in [2.24, 2.45) is 0 Å². The molecular formula is C22H40NNaO4. The van der Waals surface area contributed by atoms with Crippen LogP contribution >= 0.6 is 0 Å². The molecule has 0 fully saturated rings. The maximum atomic E-state index is 10.7. The van der Waals surface area contributed by atoms with E-state index in [1.807, 2.05) is 0 Å². The molecule has 0 saturated carbocycles. The summed E-state index contributed by atoms with van der Waals surface area (Å²) in [5.74, 6) is -2.22. The van der Waals surface area contributed by atoms with Crippen molar-refractivity contribution in [3.05, 3.63) is 12.2 Å². The molecule has 0 unspecified atom stereocenters. The normalized spacial score (nSPS) is 11.1. The van der Waals surface area contributed by atoms with Gasteiger partial charge in [0, 0.05) is 6.54 Å². The zero-order chi connectivity index (χ0) is 20.2. The van der Waals surface area contributed by atoms with Gasteiger partial charge in [-0.2, -0.15) is 0 Å². The van der Waals surface area contributed by atoms with E-state index in [0.717, 1.165) is 25.7 Å². The first kappa shape index (κ1) is 29.8. The molecule has 0 saturated heterocycles. The molecule has 5 nitrogen and oxygen atoms in total. The van der Waals surface area contributed by atoms with Crippen LogP contribution in [-0.4, -0.2) is 41.6 Å². The van der Waals surface area contributed by atoms with Crippen LogP contribution in [0.3, 0.4) is 0 Å². The molecule has 28 heavy (non-hydrogen) atoms. The van der Waals surface area contributed by atoms with E-state index in [1.165, 1.54) is 69.1 Å². The number of aliphatic carboxylic acids is 2. The molecule has 6 heteroatoms. The summed E-state index contributed by atoms with van der Waals surface area (Å²) < 4.78 is 0. The Morgan fingerprint density at radius 2 is 1.25 bits per heavy atom. The van der Waals surface area contributed by atoms with Crippen LogP contribution < -0.4 is 34.7 Å². The Balaban J connectivity index is 0. The van der Waals surface area contributed by atoms with Crippen LogP contribution in [0.5, 0.6) is 0 Å². The second-order valence-electron chi connectivity index (χ2n) is 7.41. The van der Waals surface area contributed by atoms with Gasteiger partial charge in [0.05, 0.1) is 12.5 Å². The summed E-state index contributed by atoms with van der Waals surface area (Å²) in [5.41, 5.74) is 0. The molecule has 0 bridgehead atoms. The third-order valence-electron chi connectivity index (χ3n) is 4.70. The van der Waals surface area contributed by atoms with E-state index in [0.29, 0.717) is 6.54 Å². The Labute approximate surface area is 194 Å². The van der Waals surface area contributed by atoms with E-state index < -0.39 is 11.9 Å². The molecule has 158 valence electrons. The Bertz CT molecular complexity index is 386. The fraction of sp³-hybridized carbons (Fsp3) is 0.818. The van der Waals surface area contributed by atoms with Gasteiger partial charge in [-0.25, -0.2) is 0 Å². The van der Waals surface area contributed by atoms with Gasteiger partial charge in [-0.3, -0.25) is 9.69 Å². The van der Waals surface area contributed by atoms with Crippen LogP contribution in [0.15, 0.2) is 12.2 Å². The Morgan fingerprint density at radius 1 is 0.786 bits per heavy atom. The number of hydrogen-bond donors (Lipinski definition) is 1. The summed E-state index contributed by atoms with van der Waals surface area (Å²) in [4.78, 5) is 22.7. The van der Waals surface area contributed by atoms with Crippen molar-refractivity contribution < 1.29 is 49.4 Å². The number of carboxylic acid groups (broad SMARTS) is 2. The molecule has 0 rings (SSSR count). The molecule has 0 heterocycles. The van der Waals surface area contributed by atoms with E-state index in [9.17, 15) is 14.7 Å². The molecule has 0 aliphatic heterocycles. The first-order valence-electron chi connectivity index (χ1n) is 10.8. The van der Waals surface area contributed by atoms with Crippen LogP contribution in [0.2, 0.25) is 0 Å². The maximum Gasteiger partial charge on any atom is 1.00 e. The minimum atomic E-state index is -1.22. The van der Waals surface area contributed by atoms with Gasteiger partial charge in [0.25, 0.3) is 0 Å². The van der Waals surface area contributed by atoms with E-state index in [1.54, 1.807) is 0 Å². The van der Waals surface area contributed by atoms with Gasteiger partial charge in [-0.05, 0) is 38.6 Å². The monoisotopic (exact) mass is 405 g/mol. The molecule has 0 radical (unpaired) electrons. The van der Waals surface area contributed by atoms with E-state index in [4.69, 9.17) is 5.11 Å². The van der Waals surface area contributed by atoms with Gasteiger partial charge in [0.1, 0.15) is 0 Å². The molecule has 0 aliphatic rings. The van der Waals surface area contributed by atoms with Crippen molar-refractivity contribution >= 4 is 11.9 Å². The van der Waals surface area contributed by atoms with Gasteiger partial charge in [-0.1, -0.05) is 76.9 Å². The standard InChI is InChI=1S/C22H41NO4.Na/c1-2-3-4-5-6-7-8-9-10-11-12-13-14-15-16-17-18-23(19-21(24)25)20-22(26)27;/h9-10H,2-8,11-20H2,1H3,(H,24,25)(H,26,27);/q;+1/p-1/b10-9-;. The third kappa shape index (κ3) is 23.7. The number of nitrogens with zero attached hydrogens (tertiary/aromatic N) is 1. The van der Waals surface area contributed by atoms with Crippen molar-refractivity contribution in [3.8, 4) is 0 Å². The van der Waals surface area contributed by atoms with Gasteiger partial charge in [-0.15, -0.1) is 0 Å². The van der Waals surface area contributed by atoms with Gasteiger partial charge < -0.3 is 15.0 Å². The molecule has 0 aromatic heterocycles. The SMILES string of the molecule is CCCCCCCC/C=C\CCCCCCCCN(CC(=O)[O-])CC(=O)O.[Na+]. The van der Waals surface area contributed by atoms with Crippen molar-refractivity contribution in [2.75, 3.05) is 19.6 Å². The predicted octanol–water partition coefficient (Wildman–Crippen LogP) is 1.16. The van der Waals surface area contributed by atoms with Crippen LogP contribution in [0.25, 0.3) is 0 Å². The summed E-state index contributed by atoms with van der Waals surface area (Å²) in [6, 6.07) is 0. The van der Waals surface area contributed by atoms with Gasteiger partial charge in [0.15, 0.2) is 0 Å². The summed E-state index contributed by atoms with van der Waals surface area (Å²) >= 11 is 0. The average Bonchev–Trinajstić information content (AvgIpc) is 2.60. The second-order valence-corrected chi connectivity index (χ2v) is 7.41. The van der Waals surface area contributed by atoms with Crippen molar-refractivity contribution in [3.63, 3.8) is 0 Å². The third-order valence-corrected chi connectivity index (χ3v) is 4.70.